The average molecular weight is 448 g/mol. The second kappa shape index (κ2) is 9.02. The monoisotopic (exact) mass is 447 g/mol. The van der Waals surface area contributed by atoms with Gasteiger partial charge in [-0.3, -0.25) is 4.79 Å². The van der Waals surface area contributed by atoms with Gasteiger partial charge in [0.15, 0.2) is 0 Å². The van der Waals surface area contributed by atoms with Crippen molar-refractivity contribution in [3.8, 4) is 0 Å². The first-order valence-corrected chi connectivity index (χ1v) is 12.5. The number of nitrogens with one attached hydrogen (secondary N) is 1. The largest absolute Gasteiger partial charge is 0.370 e. The number of benzene rings is 1. The van der Waals surface area contributed by atoms with Crippen molar-refractivity contribution in [2.45, 2.75) is 45.4 Å². The predicted octanol–water partition coefficient (Wildman–Crippen LogP) is 5.01. The molecule has 1 aromatic carbocycles. The maximum atomic E-state index is 12.9. The summed E-state index contributed by atoms with van der Waals surface area (Å²) in [6.07, 6.45) is 3.68. The molecule has 30 heavy (non-hydrogen) atoms. The number of hydrogen-bond acceptors (Lipinski definition) is 7. The van der Waals surface area contributed by atoms with Crippen LogP contribution in [-0.2, 0) is 5.41 Å². The highest BCUT2D eigenvalue weighted by atomic mass is 32.2. The summed E-state index contributed by atoms with van der Waals surface area (Å²) in [5.74, 6) is 0. The van der Waals surface area contributed by atoms with Crippen LogP contribution >= 0.6 is 23.3 Å². The minimum atomic E-state index is -0.00211. The highest BCUT2D eigenvalue weighted by Crippen LogP contribution is 2.38. The summed E-state index contributed by atoms with van der Waals surface area (Å²) in [6.45, 7) is 12.5. The molecule has 2 aliphatic rings. The van der Waals surface area contributed by atoms with Crippen LogP contribution in [0.4, 0.5) is 16.2 Å². The lowest BCUT2D eigenvalue weighted by atomic mass is 9.98. The normalized spacial score (nSPS) is 19.4. The summed E-state index contributed by atoms with van der Waals surface area (Å²) in [7, 11) is 2.13. The van der Waals surface area contributed by atoms with Gasteiger partial charge in [-0.15, -0.1) is 11.3 Å². The van der Waals surface area contributed by atoms with Crippen molar-refractivity contribution < 1.29 is 4.79 Å². The van der Waals surface area contributed by atoms with Crippen molar-refractivity contribution in [3.63, 3.8) is 0 Å². The van der Waals surface area contributed by atoms with Crippen molar-refractivity contribution in [2.75, 3.05) is 56.5 Å². The van der Waals surface area contributed by atoms with Gasteiger partial charge < -0.3 is 15.1 Å². The number of fused-ring (bicyclic) bond motifs is 1. The van der Waals surface area contributed by atoms with Gasteiger partial charge in [-0.25, -0.2) is 9.29 Å². The Bertz CT molecular complexity index is 893. The third kappa shape index (κ3) is 5.10. The van der Waals surface area contributed by atoms with E-state index in [1.807, 2.05) is 0 Å². The Kier molecular flexibility index (Phi) is 6.58. The highest BCUT2D eigenvalue weighted by molar-refractivity contribution is 8.11. The Hall–Kier alpha value is -1.35. The van der Waals surface area contributed by atoms with E-state index in [0.29, 0.717) is 0 Å². The molecular formula is C22H33N5OS2. The van der Waals surface area contributed by atoms with Crippen LogP contribution in [0.25, 0.3) is 10.2 Å². The molecule has 8 heteroatoms. The number of carbonyl (C=O) groups excluding carboxylic acids is 1. The molecule has 0 saturated carbocycles. The molecule has 2 saturated heterocycles. The van der Waals surface area contributed by atoms with E-state index in [1.54, 1.807) is 11.3 Å². The Morgan fingerprint density at radius 2 is 1.77 bits per heavy atom. The molecule has 4 rings (SSSR count). The lowest BCUT2D eigenvalue weighted by Gasteiger charge is -2.32. The summed E-state index contributed by atoms with van der Waals surface area (Å²) >= 11 is 3.05. The third-order valence-corrected chi connectivity index (χ3v) is 8.09. The van der Waals surface area contributed by atoms with Crippen LogP contribution in [0.1, 0.15) is 45.0 Å². The summed E-state index contributed by atoms with van der Waals surface area (Å²) in [6, 6.07) is 4.32. The van der Waals surface area contributed by atoms with Crippen molar-refractivity contribution in [1.29, 1.82) is 0 Å². The van der Waals surface area contributed by atoms with Crippen LogP contribution < -0.4 is 10.2 Å². The fourth-order valence-electron chi connectivity index (χ4n) is 3.91. The van der Waals surface area contributed by atoms with Crippen LogP contribution in [0.3, 0.4) is 0 Å². The smallest absolute Gasteiger partial charge is 0.298 e. The number of nitrogens with zero attached hydrogens (tertiary/aromatic N) is 4. The second-order valence-electron chi connectivity index (χ2n) is 9.39. The van der Waals surface area contributed by atoms with Crippen molar-refractivity contribution in [2.24, 2.45) is 0 Å². The number of hydrogen-bond donors (Lipinski definition) is 1. The average Bonchev–Trinajstić information content (AvgIpc) is 3.13. The van der Waals surface area contributed by atoms with Crippen molar-refractivity contribution >= 4 is 50.1 Å². The Morgan fingerprint density at radius 1 is 1.07 bits per heavy atom. The van der Waals surface area contributed by atoms with Gasteiger partial charge in [0.25, 0.3) is 5.24 Å². The van der Waals surface area contributed by atoms with E-state index >= 15 is 0 Å². The maximum Gasteiger partial charge on any atom is 0.298 e. The van der Waals surface area contributed by atoms with E-state index in [2.05, 4.69) is 59.4 Å². The zero-order valence-electron chi connectivity index (χ0n) is 18.5. The minimum absolute atomic E-state index is 0.00211. The summed E-state index contributed by atoms with van der Waals surface area (Å²) in [4.78, 5) is 22.5. The molecule has 0 atom stereocenters. The first-order chi connectivity index (χ1) is 14.3. The Balaban J connectivity index is 1.59. The molecule has 6 nitrogen and oxygen atoms in total. The van der Waals surface area contributed by atoms with Crippen LogP contribution in [0, 0.1) is 0 Å². The van der Waals surface area contributed by atoms with Gasteiger partial charge in [-0.05, 0) is 38.4 Å². The van der Waals surface area contributed by atoms with Gasteiger partial charge in [-0.2, -0.15) is 0 Å². The van der Waals surface area contributed by atoms with Crippen LogP contribution in [0.2, 0.25) is 0 Å². The summed E-state index contributed by atoms with van der Waals surface area (Å²) in [5, 5.41) is 4.35. The topological polar surface area (TPSA) is 51.7 Å². The van der Waals surface area contributed by atoms with Crippen molar-refractivity contribution in [3.05, 3.63) is 17.1 Å². The van der Waals surface area contributed by atoms with Crippen LogP contribution in [0.15, 0.2) is 12.1 Å². The van der Waals surface area contributed by atoms with Crippen LogP contribution in [0.5, 0.6) is 0 Å². The number of aromatic nitrogens is 1. The number of rotatable bonds is 3. The lowest BCUT2D eigenvalue weighted by molar-refractivity contribution is 0.232. The van der Waals surface area contributed by atoms with E-state index in [-0.39, 0.29) is 10.7 Å². The molecule has 0 aliphatic carbocycles. The van der Waals surface area contributed by atoms with E-state index in [0.717, 1.165) is 65.9 Å². The van der Waals surface area contributed by atoms with Gasteiger partial charge >= 0.3 is 0 Å². The molecule has 1 aromatic heterocycles. The van der Waals surface area contributed by atoms with Gasteiger partial charge in [0, 0.05) is 56.6 Å². The Morgan fingerprint density at radius 3 is 2.43 bits per heavy atom. The molecule has 0 spiro atoms. The SMILES string of the molecule is CN1CCN(SC(=O)Nc2cc3sc(C(C)(C)C)nc3cc2N2CCCCC2)CC1. The molecule has 0 radical (unpaired) electrons. The number of carbonyl (C=O) groups is 1. The zero-order chi connectivity index (χ0) is 21.3. The number of anilines is 2. The summed E-state index contributed by atoms with van der Waals surface area (Å²) < 4.78 is 3.30. The molecule has 2 aliphatic heterocycles. The summed E-state index contributed by atoms with van der Waals surface area (Å²) in [5.41, 5.74) is 3.09. The van der Waals surface area contributed by atoms with Gasteiger partial charge in [0.05, 0.1) is 26.6 Å². The quantitative estimate of drug-likeness (QED) is 0.668. The van der Waals surface area contributed by atoms with E-state index in [4.69, 9.17) is 4.98 Å². The molecule has 0 bridgehead atoms. The van der Waals surface area contributed by atoms with Gasteiger partial charge in [0.1, 0.15) is 0 Å². The fraction of sp³-hybridized carbons (Fsp3) is 0.636. The van der Waals surface area contributed by atoms with Crippen molar-refractivity contribution in [1.82, 2.24) is 14.2 Å². The molecular weight excluding hydrogens is 414 g/mol. The second-order valence-corrected chi connectivity index (χ2v) is 11.5. The zero-order valence-corrected chi connectivity index (χ0v) is 20.2. The number of amides is 1. The fourth-order valence-corrected chi connectivity index (χ4v) is 5.69. The first-order valence-electron chi connectivity index (χ1n) is 10.9. The Labute approximate surface area is 188 Å². The highest BCUT2D eigenvalue weighted by Gasteiger charge is 2.23. The van der Waals surface area contributed by atoms with Gasteiger partial charge in [0.2, 0.25) is 0 Å². The third-order valence-electron chi connectivity index (χ3n) is 5.76. The number of piperidine rings is 1. The molecule has 2 aromatic rings. The first kappa shape index (κ1) is 21.9. The molecule has 1 amide bonds. The maximum absolute atomic E-state index is 12.9. The predicted molar refractivity (Wildman–Crippen MR) is 130 cm³/mol. The molecule has 3 heterocycles. The van der Waals surface area contributed by atoms with Gasteiger partial charge in [-0.1, -0.05) is 20.8 Å². The van der Waals surface area contributed by atoms with E-state index in [9.17, 15) is 4.79 Å². The van der Waals surface area contributed by atoms with Crippen LogP contribution in [-0.4, -0.2) is 65.7 Å². The molecule has 2 fully saturated rings. The number of thiazole rings is 1. The number of likely N-dealkylation sites (N-methyl/N-ethyl adjacent to an activating group) is 1. The molecule has 1 N–H and O–H groups in total. The molecule has 164 valence electrons. The number of piperazine rings is 1. The minimum Gasteiger partial charge on any atom is -0.370 e. The molecule has 0 unspecified atom stereocenters. The standard InChI is InChI=1S/C22H33N5OS2/c1-22(2,3)20-23-17-14-18(26-8-6-5-7-9-26)16(15-19(17)29-20)24-21(28)30-27-12-10-25(4)11-13-27/h14-15H,5-13H2,1-4H3,(H,24,28). The van der Waals surface area contributed by atoms with E-state index < -0.39 is 0 Å². The van der Waals surface area contributed by atoms with E-state index in [1.165, 1.54) is 31.2 Å². The lowest BCUT2D eigenvalue weighted by Crippen LogP contribution is -2.41.